The van der Waals surface area contributed by atoms with Gasteiger partial charge in [0, 0.05) is 10.2 Å². The van der Waals surface area contributed by atoms with Gasteiger partial charge in [0.25, 0.3) is 0 Å². The first-order chi connectivity index (χ1) is 9.49. The molecule has 106 valence electrons. The molecule has 0 fully saturated rings. The third-order valence-corrected chi connectivity index (χ3v) is 4.14. The highest BCUT2D eigenvalue weighted by Crippen LogP contribution is 2.28. The Morgan fingerprint density at radius 3 is 2.65 bits per heavy atom. The molecule has 2 aromatic carbocycles. The van der Waals surface area contributed by atoms with Crippen molar-refractivity contribution in [2.45, 2.75) is 13.0 Å². The van der Waals surface area contributed by atoms with Crippen LogP contribution in [0.15, 0.2) is 40.9 Å². The van der Waals surface area contributed by atoms with Crippen LogP contribution < -0.4 is 5.32 Å². The molecule has 0 radical (unpaired) electrons. The Morgan fingerprint density at radius 1 is 1.30 bits per heavy atom. The molecule has 0 aromatic heterocycles. The molecule has 0 heterocycles. The molecule has 0 saturated carbocycles. The lowest BCUT2D eigenvalue weighted by Gasteiger charge is -2.19. The number of nitrogens with one attached hydrogen (secondary N) is 1. The van der Waals surface area contributed by atoms with Crippen LogP contribution in [0.25, 0.3) is 0 Å². The fraction of sp³-hybridized carbons (Fsp3) is 0.200. The van der Waals surface area contributed by atoms with Crippen molar-refractivity contribution in [2.75, 3.05) is 11.9 Å². The summed E-state index contributed by atoms with van der Waals surface area (Å²) >= 11 is 9.37. The van der Waals surface area contributed by atoms with Crippen molar-refractivity contribution in [1.29, 1.82) is 0 Å². The van der Waals surface area contributed by atoms with E-state index < -0.39 is 0 Å². The van der Waals surface area contributed by atoms with Gasteiger partial charge in [-0.15, -0.1) is 0 Å². The number of anilines is 1. The summed E-state index contributed by atoms with van der Waals surface area (Å²) in [7, 11) is 0. The number of hydrogen-bond donors (Lipinski definition) is 2. The number of aryl methyl sites for hydroxylation is 1. The Balaban J connectivity index is 2.26. The lowest BCUT2D eigenvalue weighted by atomic mass is 10.1. The van der Waals surface area contributed by atoms with Gasteiger partial charge in [0.2, 0.25) is 0 Å². The van der Waals surface area contributed by atoms with E-state index in [4.69, 9.17) is 11.6 Å². The van der Waals surface area contributed by atoms with Gasteiger partial charge in [-0.25, -0.2) is 4.39 Å². The first-order valence-corrected chi connectivity index (χ1v) is 7.26. The second-order valence-corrected chi connectivity index (χ2v) is 5.83. The molecular formula is C15H14BrClFNO. The summed E-state index contributed by atoms with van der Waals surface area (Å²) in [5, 5.41) is 13.2. The third kappa shape index (κ3) is 3.72. The third-order valence-electron chi connectivity index (χ3n) is 2.91. The zero-order chi connectivity index (χ0) is 14.7. The van der Waals surface area contributed by atoms with Crippen molar-refractivity contribution in [2.24, 2.45) is 0 Å². The molecule has 2 rings (SSSR count). The number of benzene rings is 2. The van der Waals surface area contributed by atoms with Crippen LogP contribution in [0.2, 0.25) is 5.02 Å². The maximum atomic E-state index is 13.4. The number of halogens is 3. The van der Waals surface area contributed by atoms with E-state index in [1.807, 2.05) is 25.1 Å². The van der Waals surface area contributed by atoms with Crippen LogP contribution in [-0.2, 0) is 0 Å². The molecule has 2 aromatic rings. The fourth-order valence-corrected chi connectivity index (χ4v) is 2.42. The Hall–Kier alpha value is -1.10. The van der Waals surface area contributed by atoms with Gasteiger partial charge in [-0.3, -0.25) is 0 Å². The minimum atomic E-state index is -0.346. The highest BCUT2D eigenvalue weighted by molar-refractivity contribution is 9.10. The minimum absolute atomic E-state index is 0.118. The zero-order valence-corrected chi connectivity index (χ0v) is 13.2. The second kappa shape index (κ2) is 6.57. The van der Waals surface area contributed by atoms with Crippen LogP contribution in [0.1, 0.15) is 17.2 Å². The summed E-state index contributed by atoms with van der Waals surface area (Å²) in [6, 6.07) is 9.78. The summed E-state index contributed by atoms with van der Waals surface area (Å²) in [5.41, 5.74) is 2.28. The number of hydrogen-bond acceptors (Lipinski definition) is 2. The molecule has 0 amide bonds. The van der Waals surface area contributed by atoms with Crippen molar-refractivity contribution in [3.8, 4) is 0 Å². The zero-order valence-electron chi connectivity index (χ0n) is 10.8. The van der Waals surface area contributed by atoms with E-state index in [2.05, 4.69) is 21.2 Å². The molecule has 2 nitrogen and oxygen atoms in total. The Labute approximate surface area is 130 Å². The van der Waals surface area contributed by atoms with E-state index in [0.717, 1.165) is 15.6 Å². The Morgan fingerprint density at radius 2 is 2.05 bits per heavy atom. The second-order valence-electron chi connectivity index (χ2n) is 4.57. The van der Waals surface area contributed by atoms with Crippen molar-refractivity contribution in [1.82, 2.24) is 0 Å². The molecule has 1 unspecified atom stereocenters. The maximum absolute atomic E-state index is 13.4. The normalized spacial score (nSPS) is 12.2. The molecule has 5 heteroatoms. The van der Waals surface area contributed by atoms with E-state index >= 15 is 0 Å². The molecule has 0 aliphatic heterocycles. The molecule has 0 saturated heterocycles. The largest absolute Gasteiger partial charge is 0.394 e. The summed E-state index contributed by atoms with van der Waals surface area (Å²) in [4.78, 5) is 0. The van der Waals surface area contributed by atoms with Crippen molar-refractivity contribution in [3.05, 3.63) is 62.8 Å². The van der Waals surface area contributed by atoms with Crippen LogP contribution in [0.3, 0.4) is 0 Å². The van der Waals surface area contributed by atoms with Crippen LogP contribution in [0.5, 0.6) is 0 Å². The number of aliphatic hydroxyl groups is 1. The molecular weight excluding hydrogens is 345 g/mol. The SMILES string of the molecule is Cc1cc(F)cc(NC(CO)c2ccc(Br)c(Cl)c2)c1. The molecule has 0 aliphatic rings. The van der Waals surface area contributed by atoms with Gasteiger partial charge >= 0.3 is 0 Å². The number of aliphatic hydroxyl groups excluding tert-OH is 1. The van der Waals surface area contributed by atoms with E-state index in [1.54, 1.807) is 6.07 Å². The van der Waals surface area contributed by atoms with Crippen LogP contribution >= 0.6 is 27.5 Å². The molecule has 1 atom stereocenters. The van der Waals surface area contributed by atoms with E-state index in [1.165, 1.54) is 12.1 Å². The van der Waals surface area contributed by atoms with E-state index in [9.17, 15) is 9.50 Å². The summed E-state index contributed by atoms with van der Waals surface area (Å²) in [5.74, 6) is -0.307. The Bertz CT molecular complexity index is 601. The van der Waals surface area contributed by atoms with Crippen LogP contribution in [0.4, 0.5) is 10.1 Å². The van der Waals surface area contributed by atoms with Gasteiger partial charge in [0.05, 0.1) is 17.7 Å². The standard InChI is InChI=1S/C15H14BrClFNO/c1-9-4-11(18)7-12(5-9)19-15(8-20)10-2-3-13(16)14(17)6-10/h2-7,15,19-20H,8H2,1H3. The average Bonchev–Trinajstić information content (AvgIpc) is 2.38. The minimum Gasteiger partial charge on any atom is -0.394 e. The molecule has 0 bridgehead atoms. The van der Waals surface area contributed by atoms with Crippen molar-refractivity contribution >= 4 is 33.2 Å². The van der Waals surface area contributed by atoms with E-state index in [-0.39, 0.29) is 18.5 Å². The van der Waals surface area contributed by atoms with Gasteiger partial charge in [-0.05, 0) is 64.3 Å². The molecule has 0 aliphatic carbocycles. The highest BCUT2D eigenvalue weighted by Gasteiger charge is 2.12. The molecule has 2 N–H and O–H groups in total. The predicted octanol–water partition coefficient (Wildman–Crippen LogP) is 4.70. The smallest absolute Gasteiger partial charge is 0.125 e. The lowest BCUT2D eigenvalue weighted by molar-refractivity contribution is 0.276. The van der Waals surface area contributed by atoms with Gasteiger partial charge in [-0.1, -0.05) is 17.7 Å². The van der Waals surface area contributed by atoms with Crippen molar-refractivity contribution < 1.29 is 9.50 Å². The Kier molecular flexibility index (Phi) is 5.02. The first-order valence-electron chi connectivity index (χ1n) is 6.09. The summed E-state index contributed by atoms with van der Waals surface area (Å²) in [6.07, 6.45) is 0. The lowest BCUT2D eigenvalue weighted by Crippen LogP contribution is -2.15. The van der Waals surface area contributed by atoms with Gasteiger partial charge < -0.3 is 10.4 Å². The van der Waals surface area contributed by atoms with Crippen molar-refractivity contribution in [3.63, 3.8) is 0 Å². The highest BCUT2D eigenvalue weighted by atomic mass is 79.9. The van der Waals surface area contributed by atoms with Gasteiger partial charge in [-0.2, -0.15) is 0 Å². The van der Waals surface area contributed by atoms with Crippen LogP contribution in [0, 0.1) is 12.7 Å². The first kappa shape index (κ1) is 15.3. The summed E-state index contributed by atoms with van der Waals surface area (Å²) in [6.45, 7) is 1.70. The predicted molar refractivity (Wildman–Crippen MR) is 83.7 cm³/mol. The average molecular weight is 359 g/mol. The maximum Gasteiger partial charge on any atom is 0.125 e. The monoisotopic (exact) mass is 357 g/mol. The van der Waals surface area contributed by atoms with Crippen LogP contribution in [-0.4, -0.2) is 11.7 Å². The number of rotatable bonds is 4. The van der Waals surface area contributed by atoms with Gasteiger partial charge in [0.15, 0.2) is 0 Å². The molecule has 0 spiro atoms. The fourth-order valence-electron chi connectivity index (χ4n) is 1.98. The molecule has 20 heavy (non-hydrogen) atoms. The topological polar surface area (TPSA) is 32.3 Å². The van der Waals surface area contributed by atoms with E-state index in [0.29, 0.717) is 10.7 Å². The summed E-state index contributed by atoms with van der Waals surface area (Å²) < 4.78 is 14.2. The quantitative estimate of drug-likeness (QED) is 0.830. The van der Waals surface area contributed by atoms with Gasteiger partial charge in [0.1, 0.15) is 5.82 Å².